The lowest BCUT2D eigenvalue weighted by Crippen LogP contribution is -2.63. The van der Waals surface area contributed by atoms with Crippen LogP contribution in [0, 0.1) is 6.92 Å². The van der Waals surface area contributed by atoms with Crippen LogP contribution in [0.5, 0.6) is 0 Å². The Morgan fingerprint density at radius 3 is 2.48 bits per heavy atom. The number of carbonyl (C=O) groups is 2. The Balaban J connectivity index is 0.000000339. The van der Waals surface area contributed by atoms with Crippen molar-refractivity contribution in [3.63, 3.8) is 0 Å². The minimum absolute atomic E-state index is 0.236. The van der Waals surface area contributed by atoms with Crippen LogP contribution in [-0.4, -0.2) is 80.8 Å². The van der Waals surface area contributed by atoms with Crippen molar-refractivity contribution >= 4 is 23.8 Å². The number of pyridine rings is 1. The highest BCUT2D eigenvalue weighted by Gasteiger charge is 2.51. The first-order valence-corrected chi connectivity index (χ1v) is 11.1. The molecule has 1 aromatic rings. The molecule has 4 heterocycles. The van der Waals surface area contributed by atoms with Crippen LogP contribution in [0.3, 0.4) is 0 Å². The molecule has 0 aliphatic carbocycles. The summed E-state index contributed by atoms with van der Waals surface area (Å²) in [6.07, 6.45) is -1.45. The number of carbonyl (C=O) groups excluding carboxylic acids is 1. The number of thioether (sulfide) groups is 1. The molecule has 7 nitrogen and oxygen atoms in total. The monoisotopic (exact) mass is 461 g/mol. The van der Waals surface area contributed by atoms with Crippen molar-refractivity contribution in [2.24, 2.45) is 0 Å². The number of halogens is 3. The molecule has 3 saturated heterocycles. The number of ether oxygens (including phenoxy) is 1. The van der Waals surface area contributed by atoms with Crippen molar-refractivity contribution < 1.29 is 32.6 Å². The Morgan fingerprint density at radius 1 is 1.26 bits per heavy atom. The summed E-state index contributed by atoms with van der Waals surface area (Å²) in [6, 6.07) is 6.29. The highest BCUT2D eigenvalue weighted by atomic mass is 32.2. The number of amides is 2. The SMILES string of the molecule is Cc1cccc(COC2CSC3(C2)CN(C(=O)N2CCCC2)C3)n1.O=C(O)C(F)(F)F. The fourth-order valence-electron chi connectivity index (χ4n) is 3.91. The molecule has 11 heteroatoms. The van der Waals surface area contributed by atoms with Gasteiger partial charge in [0.25, 0.3) is 0 Å². The lowest BCUT2D eigenvalue weighted by Gasteiger charge is -2.48. The summed E-state index contributed by atoms with van der Waals surface area (Å²) >= 11 is 1.98. The number of rotatable bonds is 3. The number of carboxylic acids is 1. The number of nitrogens with zero attached hydrogens (tertiary/aromatic N) is 3. The molecule has 172 valence electrons. The first-order chi connectivity index (χ1) is 14.6. The standard InChI is InChI=1S/C18H25N3O2S.C2HF3O2/c1-14-5-4-6-15(19-14)10-23-16-9-18(24-11-16)12-21(13-18)17(22)20-7-2-3-8-20;3-2(4,5)1(6)7/h4-6,16H,2-3,7-13H2,1H3;(H,6,7). The molecule has 1 spiro atoms. The summed E-state index contributed by atoms with van der Waals surface area (Å²) in [5.41, 5.74) is 2.03. The van der Waals surface area contributed by atoms with E-state index in [2.05, 4.69) is 4.98 Å². The summed E-state index contributed by atoms with van der Waals surface area (Å²) in [5, 5.41) is 7.12. The van der Waals surface area contributed by atoms with Crippen LogP contribution in [0.4, 0.5) is 18.0 Å². The summed E-state index contributed by atoms with van der Waals surface area (Å²) in [7, 11) is 0. The third-order valence-electron chi connectivity index (χ3n) is 5.44. The van der Waals surface area contributed by atoms with Crippen molar-refractivity contribution in [2.75, 3.05) is 31.9 Å². The zero-order valence-electron chi connectivity index (χ0n) is 17.2. The second kappa shape index (κ2) is 9.64. The van der Waals surface area contributed by atoms with Gasteiger partial charge in [-0.15, -0.1) is 11.8 Å². The molecular formula is C20H26F3N3O4S. The largest absolute Gasteiger partial charge is 0.490 e. The van der Waals surface area contributed by atoms with Crippen LogP contribution in [0.2, 0.25) is 0 Å². The van der Waals surface area contributed by atoms with E-state index in [1.807, 2.05) is 46.7 Å². The van der Waals surface area contributed by atoms with Crippen molar-refractivity contribution in [3.05, 3.63) is 29.6 Å². The molecule has 0 aromatic carbocycles. The van der Waals surface area contributed by atoms with E-state index in [0.717, 1.165) is 62.6 Å². The fourth-order valence-corrected chi connectivity index (χ4v) is 5.46. The van der Waals surface area contributed by atoms with Crippen LogP contribution in [0.1, 0.15) is 30.7 Å². The highest BCUT2D eigenvalue weighted by molar-refractivity contribution is 8.01. The van der Waals surface area contributed by atoms with Gasteiger partial charge in [0.05, 0.1) is 23.2 Å². The number of aliphatic carboxylic acids is 1. The molecule has 1 aromatic heterocycles. The lowest BCUT2D eigenvalue weighted by molar-refractivity contribution is -0.192. The van der Waals surface area contributed by atoms with Crippen LogP contribution in [0.15, 0.2) is 18.2 Å². The summed E-state index contributed by atoms with van der Waals surface area (Å²) in [5.74, 6) is -1.73. The Labute approximate surface area is 182 Å². The number of alkyl halides is 3. The molecule has 3 fully saturated rings. The van der Waals surface area contributed by atoms with E-state index in [1.54, 1.807) is 0 Å². The fraction of sp³-hybridized carbons (Fsp3) is 0.650. The van der Waals surface area contributed by atoms with Gasteiger partial charge in [0, 0.05) is 37.6 Å². The smallest absolute Gasteiger partial charge is 0.475 e. The second-order valence-electron chi connectivity index (χ2n) is 8.04. The quantitative estimate of drug-likeness (QED) is 0.744. The van der Waals surface area contributed by atoms with Gasteiger partial charge >= 0.3 is 18.2 Å². The van der Waals surface area contributed by atoms with Gasteiger partial charge in [0.2, 0.25) is 0 Å². The molecule has 2 amide bonds. The third kappa shape index (κ3) is 6.25. The zero-order chi connectivity index (χ0) is 22.6. The topological polar surface area (TPSA) is 83.0 Å². The number of hydrogen-bond donors (Lipinski definition) is 1. The molecule has 0 bridgehead atoms. The van der Waals surface area contributed by atoms with E-state index in [1.165, 1.54) is 0 Å². The molecule has 4 rings (SSSR count). The predicted molar refractivity (Wildman–Crippen MR) is 109 cm³/mol. The zero-order valence-corrected chi connectivity index (χ0v) is 18.0. The van der Waals surface area contributed by atoms with E-state index in [-0.39, 0.29) is 16.9 Å². The lowest BCUT2D eigenvalue weighted by atomic mass is 9.93. The van der Waals surface area contributed by atoms with Gasteiger partial charge in [0.1, 0.15) is 0 Å². The van der Waals surface area contributed by atoms with E-state index in [9.17, 15) is 18.0 Å². The number of aromatic nitrogens is 1. The van der Waals surface area contributed by atoms with Crippen LogP contribution >= 0.6 is 11.8 Å². The molecule has 3 aliphatic rings. The van der Waals surface area contributed by atoms with Gasteiger partial charge in [-0.1, -0.05) is 6.07 Å². The molecule has 0 saturated carbocycles. The van der Waals surface area contributed by atoms with Crippen LogP contribution in [-0.2, 0) is 16.1 Å². The molecule has 1 N–H and O–H groups in total. The van der Waals surface area contributed by atoms with Gasteiger partial charge in [0.15, 0.2) is 0 Å². The van der Waals surface area contributed by atoms with Gasteiger partial charge in [-0.3, -0.25) is 4.98 Å². The summed E-state index contributed by atoms with van der Waals surface area (Å²) < 4.78 is 38.0. The maximum atomic E-state index is 12.4. The minimum Gasteiger partial charge on any atom is -0.475 e. The average molecular weight is 462 g/mol. The Kier molecular flexibility index (Phi) is 7.35. The summed E-state index contributed by atoms with van der Waals surface area (Å²) in [6.45, 7) is 6.23. The average Bonchev–Trinajstić information content (AvgIpc) is 3.35. The van der Waals surface area contributed by atoms with E-state index < -0.39 is 12.1 Å². The molecule has 3 aliphatic heterocycles. The normalized spacial score (nSPS) is 22.1. The summed E-state index contributed by atoms with van der Waals surface area (Å²) in [4.78, 5) is 29.8. The second-order valence-corrected chi connectivity index (χ2v) is 9.53. The Bertz CT molecular complexity index is 796. The van der Waals surface area contributed by atoms with Crippen LogP contribution < -0.4 is 0 Å². The van der Waals surface area contributed by atoms with E-state index >= 15 is 0 Å². The molecule has 1 atom stereocenters. The predicted octanol–water partition coefficient (Wildman–Crippen LogP) is 3.32. The number of carboxylic acid groups (broad SMARTS) is 1. The van der Waals surface area contributed by atoms with Gasteiger partial charge in [-0.25, -0.2) is 9.59 Å². The number of aryl methyl sites for hydroxylation is 1. The molecule has 31 heavy (non-hydrogen) atoms. The number of hydrogen-bond acceptors (Lipinski definition) is 5. The maximum absolute atomic E-state index is 12.4. The minimum atomic E-state index is -5.08. The highest BCUT2D eigenvalue weighted by Crippen LogP contribution is 2.46. The van der Waals surface area contributed by atoms with E-state index in [0.29, 0.717) is 6.61 Å². The first kappa shape index (κ1) is 23.6. The molecular weight excluding hydrogens is 435 g/mol. The van der Waals surface area contributed by atoms with Gasteiger partial charge < -0.3 is 19.6 Å². The number of likely N-dealkylation sites (tertiary alicyclic amines) is 2. The number of urea groups is 1. The third-order valence-corrected chi connectivity index (χ3v) is 7.01. The van der Waals surface area contributed by atoms with Crippen molar-refractivity contribution in [1.82, 2.24) is 14.8 Å². The molecule has 0 radical (unpaired) electrons. The maximum Gasteiger partial charge on any atom is 0.490 e. The first-order valence-electron chi connectivity index (χ1n) is 10.1. The van der Waals surface area contributed by atoms with E-state index in [4.69, 9.17) is 14.6 Å². The van der Waals surface area contributed by atoms with Gasteiger partial charge in [-0.05, 0) is 38.3 Å². The Morgan fingerprint density at radius 2 is 1.90 bits per heavy atom. The van der Waals surface area contributed by atoms with Crippen LogP contribution in [0.25, 0.3) is 0 Å². The molecule has 1 unspecified atom stereocenters. The Hall–Kier alpha value is -2.01. The van der Waals surface area contributed by atoms with Crippen molar-refractivity contribution in [1.29, 1.82) is 0 Å². The van der Waals surface area contributed by atoms with Crippen molar-refractivity contribution in [3.8, 4) is 0 Å². The van der Waals surface area contributed by atoms with Crippen molar-refractivity contribution in [2.45, 2.75) is 49.8 Å². The van der Waals surface area contributed by atoms with Gasteiger partial charge in [-0.2, -0.15) is 13.2 Å².